The van der Waals surface area contributed by atoms with E-state index >= 15 is 0 Å². The number of β-amino-alcohol motifs (C(OH)–C–C–N with tert-alkyl or cyclic N) is 1. The van der Waals surface area contributed by atoms with Crippen LogP contribution in [-0.2, 0) is 0 Å². The first-order valence-electron chi connectivity index (χ1n) is 4.12. The molecule has 0 aromatic heterocycles. The van der Waals surface area contributed by atoms with Gasteiger partial charge in [-0.1, -0.05) is 0 Å². The second-order valence-corrected chi connectivity index (χ2v) is 3.82. The molecule has 0 bridgehead atoms. The van der Waals surface area contributed by atoms with Crippen LogP contribution >= 0.6 is 0 Å². The molecular formula is C8H15NO. The topological polar surface area (TPSA) is 23.5 Å². The average Bonchev–Trinajstić information content (AvgIpc) is 2.04. The monoisotopic (exact) mass is 141 g/mol. The predicted molar refractivity (Wildman–Crippen MR) is 39.8 cm³/mol. The Morgan fingerprint density at radius 2 is 2.20 bits per heavy atom. The maximum absolute atomic E-state index is 9.36. The van der Waals surface area contributed by atoms with Gasteiger partial charge in [0.25, 0.3) is 0 Å². The lowest BCUT2D eigenvalue weighted by molar-refractivity contribution is 0.0791. The quantitative estimate of drug-likeness (QED) is 0.534. The fourth-order valence-corrected chi connectivity index (χ4v) is 2.34. The molecule has 2 fully saturated rings. The highest BCUT2D eigenvalue weighted by atomic mass is 16.3. The maximum Gasteiger partial charge on any atom is 0.0684 e. The van der Waals surface area contributed by atoms with Gasteiger partial charge in [-0.15, -0.1) is 0 Å². The summed E-state index contributed by atoms with van der Waals surface area (Å²) in [4.78, 5) is 2.33. The van der Waals surface area contributed by atoms with E-state index in [4.69, 9.17) is 0 Å². The van der Waals surface area contributed by atoms with Gasteiger partial charge in [-0.3, -0.25) is 4.90 Å². The van der Waals surface area contributed by atoms with Gasteiger partial charge in [-0.25, -0.2) is 0 Å². The maximum atomic E-state index is 9.36. The smallest absolute Gasteiger partial charge is 0.0684 e. The summed E-state index contributed by atoms with van der Waals surface area (Å²) in [5.74, 6) is 0. The van der Waals surface area contributed by atoms with E-state index in [1.807, 2.05) is 0 Å². The van der Waals surface area contributed by atoms with Gasteiger partial charge < -0.3 is 5.11 Å². The minimum absolute atomic E-state index is 0.0506. The van der Waals surface area contributed by atoms with Gasteiger partial charge in [0.05, 0.1) is 6.10 Å². The molecule has 58 valence electrons. The standard InChI is InChI=1S/C8H15NO/c1-9-6-7(10)5-8(9)3-2-4-8/h7,10H,2-6H2,1H3. The van der Waals surface area contributed by atoms with E-state index in [1.54, 1.807) is 0 Å². The molecular weight excluding hydrogens is 126 g/mol. The molecule has 1 N–H and O–H groups in total. The Morgan fingerprint density at radius 1 is 1.50 bits per heavy atom. The Bertz CT molecular complexity index is 142. The fraction of sp³-hybridized carbons (Fsp3) is 1.00. The molecule has 0 aromatic rings. The Morgan fingerprint density at radius 3 is 2.40 bits per heavy atom. The normalized spacial score (nSPS) is 38.4. The number of aliphatic hydroxyl groups excluding tert-OH is 1. The van der Waals surface area contributed by atoms with Crippen molar-refractivity contribution in [3.8, 4) is 0 Å². The second kappa shape index (κ2) is 1.95. The summed E-state index contributed by atoms with van der Waals surface area (Å²) < 4.78 is 0. The van der Waals surface area contributed by atoms with Gasteiger partial charge in [0.15, 0.2) is 0 Å². The van der Waals surface area contributed by atoms with Gasteiger partial charge in [0.1, 0.15) is 0 Å². The SMILES string of the molecule is CN1CC(O)CC12CCC2. The van der Waals surface area contributed by atoms with Gasteiger partial charge in [0.2, 0.25) is 0 Å². The molecule has 0 amide bonds. The van der Waals surface area contributed by atoms with E-state index in [0.29, 0.717) is 5.54 Å². The highest BCUT2D eigenvalue weighted by Gasteiger charge is 2.46. The third-order valence-electron chi connectivity index (χ3n) is 3.19. The summed E-state index contributed by atoms with van der Waals surface area (Å²) in [6.45, 7) is 0.889. The first-order chi connectivity index (χ1) is 4.73. The van der Waals surface area contributed by atoms with Crippen LogP contribution in [0.25, 0.3) is 0 Å². The van der Waals surface area contributed by atoms with Crippen molar-refractivity contribution < 1.29 is 5.11 Å². The Balaban J connectivity index is 2.08. The minimum atomic E-state index is -0.0506. The van der Waals surface area contributed by atoms with Crippen molar-refractivity contribution in [2.75, 3.05) is 13.6 Å². The molecule has 0 aromatic carbocycles. The molecule has 1 saturated heterocycles. The van der Waals surface area contributed by atoms with Crippen LogP contribution in [0.4, 0.5) is 0 Å². The molecule has 1 atom stereocenters. The Labute approximate surface area is 61.8 Å². The van der Waals surface area contributed by atoms with Crippen molar-refractivity contribution in [1.82, 2.24) is 4.90 Å². The number of likely N-dealkylation sites (tertiary alicyclic amines) is 1. The Hall–Kier alpha value is -0.0800. The number of hydrogen-bond donors (Lipinski definition) is 1. The summed E-state index contributed by atoms with van der Waals surface area (Å²) in [5.41, 5.74) is 0.430. The molecule has 0 radical (unpaired) electrons. The van der Waals surface area contributed by atoms with Crippen molar-refractivity contribution in [3.63, 3.8) is 0 Å². The van der Waals surface area contributed by atoms with Crippen LogP contribution in [-0.4, -0.2) is 35.2 Å². The zero-order chi connectivity index (χ0) is 7.19. The van der Waals surface area contributed by atoms with Gasteiger partial charge in [-0.05, 0) is 32.7 Å². The lowest BCUT2D eigenvalue weighted by atomic mass is 9.75. The molecule has 2 heteroatoms. The van der Waals surface area contributed by atoms with Crippen LogP contribution in [0.15, 0.2) is 0 Å². The van der Waals surface area contributed by atoms with Crippen molar-refractivity contribution in [2.45, 2.75) is 37.3 Å². The number of rotatable bonds is 0. The van der Waals surface area contributed by atoms with E-state index in [9.17, 15) is 5.11 Å². The lowest BCUT2D eigenvalue weighted by Crippen LogP contribution is -2.46. The molecule has 1 spiro atoms. The van der Waals surface area contributed by atoms with Gasteiger partial charge in [0, 0.05) is 12.1 Å². The van der Waals surface area contributed by atoms with Crippen LogP contribution in [0.3, 0.4) is 0 Å². The van der Waals surface area contributed by atoms with Gasteiger partial charge in [-0.2, -0.15) is 0 Å². The Kier molecular flexibility index (Phi) is 1.29. The fourth-order valence-electron chi connectivity index (χ4n) is 2.34. The van der Waals surface area contributed by atoms with Crippen LogP contribution in [0.2, 0.25) is 0 Å². The summed E-state index contributed by atoms with van der Waals surface area (Å²) in [6.07, 6.45) is 4.94. The molecule has 1 aliphatic carbocycles. The van der Waals surface area contributed by atoms with Crippen molar-refractivity contribution in [1.29, 1.82) is 0 Å². The van der Waals surface area contributed by atoms with E-state index in [-0.39, 0.29) is 6.10 Å². The summed E-state index contributed by atoms with van der Waals surface area (Å²) in [6, 6.07) is 0. The zero-order valence-corrected chi connectivity index (χ0v) is 6.51. The molecule has 10 heavy (non-hydrogen) atoms. The molecule has 1 unspecified atom stereocenters. The van der Waals surface area contributed by atoms with Crippen LogP contribution in [0, 0.1) is 0 Å². The van der Waals surface area contributed by atoms with E-state index in [0.717, 1.165) is 13.0 Å². The molecule has 2 nitrogen and oxygen atoms in total. The highest BCUT2D eigenvalue weighted by Crippen LogP contribution is 2.44. The molecule has 1 heterocycles. The van der Waals surface area contributed by atoms with Crippen molar-refractivity contribution in [3.05, 3.63) is 0 Å². The summed E-state index contributed by atoms with van der Waals surface area (Å²) in [7, 11) is 2.13. The third-order valence-corrected chi connectivity index (χ3v) is 3.19. The average molecular weight is 141 g/mol. The van der Waals surface area contributed by atoms with Crippen molar-refractivity contribution >= 4 is 0 Å². The first-order valence-corrected chi connectivity index (χ1v) is 4.12. The predicted octanol–water partition coefficient (Wildman–Crippen LogP) is 0.605. The third kappa shape index (κ3) is 0.722. The largest absolute Gasteiger partial charge is 0.392 e. The van der Waals surface area contributed by atoms with Gasteiger partial charge >= 0.3 is 0 Å². The molecule has 2 aliphatic rings. The lowest BCUT2D eigenvalue weighted by Gasteiger charge is -2.43. The number of nitrogens with zero attached hydrogens (tertiary/aromatic N) is 1. The minimum Gasteiger partial charge on any atom is -0.392 e. The molecule has 1 saturated carbocycles. The summed E-state index contributed by atoms with van der Waals surface area (Å²) >= 11 is 0. The van der Waals surface area contributed by atoms with E-state index in [2.05, 4.69) is 11.9 Å². The summed E-state index contributed by atoms with van der Waals surface area (Å²) in [5, 5.41) is 9.36. The molecule has 2 rings (SSSR count). The number of likely N-dealkylation sites (N-methyl/N-ethyl adjacent to an activating group) is 1. The number of aliphatic hydroxyl groups is 1. The van der Waals surface area contributed by atoms with Crippen LogP contribution in [0.5, 0.6) is 0 Å². The molecule has 1 aliphatic heterocycles. The van der Waals surface area contributed by atoms with E-state index in [1.165, 1.54) is 19.3 Å². The zero-order valence-electron chi connectivity index (χ0n) is 6.51. The highest BCUT2D eigenvalue weighted by molar-refractivity contribution is 5.03. The van der Waals surface area contributed by atoms with Crippen LogP contribution < -0.4 is 0 Å². The van der Waals surface area contributed by atoms with Crippen molar-refractivity contribution in [2.24, 2.45) is 0 Å². The first kappa shape index (κ1) is 6.62. The number of hydrogen-bond acceptors (Lipinski definition) is 2. The van der Waals surface area contributed by atoms with Crippen LogP contribution in [0.1, 0.15) is 25.7 Å². The van der Waals surface area contributed by atoms with E-state index < -0.39 is 0 Å². The second-order valence-electron chi connectivity index (χ2n) is 3.82.